The first-order valence-corrected chi connectivity index (χ1v) is 9.95. The number of hydrogen-bond donors (Lipinski definition) is 0. The second-order valence-electron chi connectivity index (χ2n) is 5.98. The molecule has 0 N–H and O–H groups in total. The van der Waals surface area contributed by atoms with E-state index in [9.17, 15) is 8.42 Å². The highest BCUT2D eigenvalue weighted by atomic mass is 79.9. The first kappa shape index (κ1) is 17.4. The monoisotopic (exact) mass is 410 g/mol. The van der Waals surface area contributed by atoms with E-state index >= 15 is 0 Å². The van der Waals surface area contributed by atoms with Crippen LogP contribution in [0.4, 0.5) is 0 Å². The number of hydrogen-bond acceptors (Lipinski definition) is 4. The highest BCUT2D eigenvalue weighted by Gasteiger charge is 2.34. The van der Waals surface area contributed by atoms with E-state index in [0.717, 1.165) is 15.6 Å². The van der Waals surface area contributed by atoms with Gasteiger partial charge in [-0.25, -0.2) is 13.4 Å². The molecular formula is C17H19BrN2O3S. The van der Waals surface area contributed by atoms with Crippen molar-refractivity contribution in [3.63, 3.8) is 0 Å². The molecule has 1 aliphatic rings. The van der Waals surface area contributed by atoms with Gasteiger partial charge in [-0.05, 0) is 59.5 Å². The molecule has 128 valence electrons. The number of halogens is 1. The molecule has 24 heavy (non-hydrogen) atoms. The Hall–Kier alpha value is -1.44. The van der Waals surface area contributed by atoms with Gasteiger partial charge in [0.1, 0.15) is 6.10 Å². The smallest absolute Gasteiger partial charge is 0.243 e. The predicted octanol–water partition coefficient (Wildman–Crippen LogP) is 3.30. The van der Waals surface area contributed by atoms with Crippen molar-refractivity contribution < 1.29 is 13.2 Å². The minimum Gasteiger partial charge on any atom is -0.473 e. The minimum atomic E-state index is -3.50. The van der Waals surface area contributed by atoms with Gasteiger partial charge in [-0.3, -0.25) is 0 Å². The first-order chi connectivity index (χ1) is 11.4. The summed E-state index contributed by atoms with van der Waals surface area (Å²) in [6.07, 6.45) is 2.13. The summed E-state index contributed by atoms with van der Waals surface area (Å²) in [5, 5.41) is 0. The SMILES string of the molecule is Cc1ccc(C)c(S(=O)(=O)N2CCC(Oc3ccc(Br)cn3)C2)c1. The number of benzene rings is 1. The van der Waals surface area contributed by atoms with E-state index in [1.165, 1.54) is 4.31 Å². The van der Waals surface area contributed by atoms with E-state index in [2.05, 4.69) is 20.9 Å². The summed E-state index contributed by atoms with van der Waals surface area (Å²) in [5.74, 6) is 0.509. The van der Waals surface area contributed by atoms with Crippen LogP contribution in [0.1, 0.15) is 17.5 Å². The lowest BCUT2D eigenvalue weighted by molar-refractivity contribution is 0.207. The van der Waals surface area contributed by atoms with Gasteiger partial charge in [-0.1, -0.05) is 12.1 Å². The third-order valence-electron chi connectivity index (χ3n) is 4.06. The zero-order valence-electron chi connectivity index (χ0n) is 13.6. The van der Waals surface area contributed by atoms with Crippen LogP contribution in [0, 0.1) is 13.8 Å². The highest BCUT2D eigenvalue weighted by molar-refractivity contribution is 9.10. The molecule has 3 rings (SSSR count). The summed E-state index contributed by atoms with van der Waals surface area (Å²) < 4.78 is 34.0. The average molecular weight is 411 g/mol. The number of aryl methyl sites for hydroxylation is 2. The fourth-order valence-corrected chi connectivity index (χ4v) is 4.77. The van der Waals surface area contributed by atoms with Crippen molar-refractivity contribution in [2.75, 3.05) is 13.1 Å². The third kappa shape index (κ3) is 3.63. The van der Waals surface area contributed by atoms with Crippen LogP contribution >= 0.6 is 15.9 Å². The van der Waals surface area contributed by atoms with E-state index in [1.54, 1.807) is 18.3 Å². The number of pyridine rings is 1. The van der Waals surface area contributed by atoms with Crippen LogP contribution < -0.4 is 4.74 Å². The van der Waals surface area contributed by atoms with Crippen molar-refractivity contribution in [2.24, 2.45) is 0 Å². The van der Waals surface area contributed by atoms with Gasteiger partial charge in [0.05, 0.1) is 11.4 Å². The molecule has 5 nitrogen and oxygen atoms in total. The summed E-state index contributed by atoms with van der Waals surface area (Å²) in [7, 11) is -3.50. The van der Waals surface area contributed by atoms with Gasteiger partial charge < -0.3 is 4.74 Å². The Balaban J connectivity index is 1.74. The van der Waals surface area contributed by atoms with Gasteiger partial charge in [-0.2, -0.15) is 4.31 Å². The molecule has 1 unspecified atom stereocenters. The van der Waals surface area contributed by atoms with E-state index < -0.39 is 10.0 Å². The second kappa shape index (κ2) is 6.82. The summed E-state index contributed by atoms with van der Waals surface area (Å²) in [6, 6.07) is 9.12. The van der Waals surface area contributed by atoms with Crippen molar-refractivity contribution in [3.8, 4) is 5.88 Å². The molecular weight excluding hydrogens is 392 g/mol. The van der Waals surface area contributed by atoms with Crippen LogP contribution in [0.2, 0.25) is 0 Å². The third-order valence-corrected chi connectivity index (χ3v) is 6.53. The van der Waals surface area contributed by atoms with E-state index in [0.29, 0.717) is 30.3 Å². The van der Waals surface area contributed by atoms with Crippen LogP contribution in [0.3, 0.4) is 0 Å². The summed E-state index contributed by atoms with van der Waals surface area (Å²) >= 11 is 3.33. The van der Waals surface area contributed by atoms with Crippen LogP contribution in [0.15, 0.2) is 45.9 Å². The molecule has 0 radical (unpaired) electrons. The Morgan fingerprint density at radius 3 is 2.75 bits per heavy atom. The fourth-order valence-electron chi connectivity index (χ4n) is 2.74. The highest BCUT2D eigenvalue weighted by Crippen LogP contribution is 2.26. The van der Waals surface area contributed by atoms with Gasteiger partial charge in [0, 0.05) is 23.3 Å². The standard InChI is InChI=1S/C17H19BrN2O3S/c1-12-3-4-13(2)16(9-12)24(21,22)20-8-7-15(11-20)23-17-6-5-14(18)10-19-17/h3-6,9-10,15H,7-8,11H2,1-2H3. The van der Waals surface area contributed by atoms with Crippen LogP contribution in [0.25, 0.3) is 0 Å². The second-order valence-corrected chi connectivity index (χ2v) is 8.80. The molecule has 7 heteroatoms. The number of ether oxygens (including phenoxy) is 1. The topological polar surface area (TPSA) is 59.5 Å². The largest absolute Gasteiger partial charge is 0.473 e. The van der Waals surface area contributed by atoms with Gasteiger partial charge >= 0.3 is 0 Å². The lowest BCUT2D eigenvalue weighted by Gasteiger charge is -2.18. The zero-order valence-corrected chi connectivity index (χ0v) is 16.0. The maximum Gasteiger partial charge on any atom is 0.243 e. The number of nitrogens with zero attached hydrogens (tertiary/aromatic N) is 2. The molecule has 1 atom stereocenters. The van der Waals surface area contributed by atoms with Crippen molar-refractivity contribution in [1.82, 2.24) is 9.29 Å². The molecule has 0 aliphatic carbocycles. The molecule has 1 aromatic carbocycles. The lowest BCUT2D eigenvalue weighted by Crippen LogP contribution is -2.31. The maximum absolute atomic E-state index is 12.9. The lowest BCUT2D eigenvalue weighted by atomic mass is 10.2. The van der Waals surface area contributed by atoms with E-state index in [4.69, 9.17) is 4.74 Å². The van der Waals surface area contributed by atoms with Gasteiger partial charge in [-0.15, -0.1) is 0 Å². The Labute approximate surface area is 150 Å². The summed E-state index contributed by atoms with van der Waals surface area (Å²) in [6.45, 7) is 4.51. The molecule has 2 aromatic rings. The first-order valence-electron chi connectivity index (χ1n) is 7.72. The molecule has 1 fully saturated rings. The Kier molecular flexibility index (Phi) is 4.94. The van der Waals surface area contributed by atoms with Gasteiger partial charge in [0.25, 0.3) is 0 Å². The molecule has 2 heterocycles. The molecule has 1 aliphatic heterocycles. The quantitative estimate of drug-likeness (QED) is 0.775. The molecule has 0 saturated carbocycles. The molecule has 0 amide bonds. The summed E-state index contributed by atoms with van der Waals surface area (Å²) in [5.41, 5.74) is 1.70. The number of rotatable bonds is 4. The van der Waals surface area contributed by atoms with Crippen molar-refractivity contribution in [2.45, 2.75) is 31.3 Å². The fraction of sp³-hybridized carbons (Fsp3) is 0.353. The molecule has 1 aromatic heterocycles. The Morgan fingerprint density at radius 1 is 1.25 bits per heavy atom. The van der Waals surface area contributed by atoms with Gasteiger partial charge in [0.2, 0.25) is 15.9 Å². The normalized spacial score (nSPS) is 18.7. The maximum atomic E-state index is 12.9. The van der Waals surface area contributed by atoms with Gasteiger partial charge in [0.15, 0.2) is 0 Å². The molecule has 1 saturated heterocycles. The molecule has 0 spiro atoms. The van der Waals surface area contributed by atoms with Crippen LogP contribution in [0.5, 0.6) is 5.88 Å². The summed E-state index contributed by atoms with van der Waals surface area (Å²) in [4.78, 5) is 4.56. The van der Waals surface area contributed by atoms with E-state index in [-0.39, 0.29) is 6.10 Å². The predicted molar refractivity (Wildman–Crippen MR) is 95.6 cm³/mol. The van der Waals surface area contributed by atoms with Crippen molar-refractivity contribution in [1.29, 1.82) is 0 Å². The van der Waals surface area contributed by atoms with E-state index in [1.807, 2.05) is 32.0 Å². The van der Waals surface area contributed by atoms with Crippen LogP contribution in [-0.2, 0) is 10.0 Å². The molecule has 0 bridgehead atoms. The van der Waals surface area contributed by atoms with Crippen molar-refractivity contribution in [3.05, 3.63) is 52.1 Å². The van der Waals surface area contributed by atoms with Crippen LogP contribution in [-0.4, -0.2) is 36.9 Å². The Bertz CT molecular complexity index is 837. The minimum absolute atomic E-state index is 0.182. The zero-order chi connectivity index (χ0) is 17.3. The number of sulfonamides is 1. The average Bonchev–Trinajstić information content (AvgIpc) is 3.01. The Morgan fingerprint density at radius 2 is 2.04 bits per heavy atom. The van der Waals surface area contributed by atoms with Crippen molar-refractivity contribution >= 4 is 26.0 Å². The number of aromatic nitrogens is 1.